The van der Waals surface area contributed by atoms with Crippen LogP contribution in [0.2, 0.25) is 0 Å². The van der Waals surface area contributed by atoms with Crippen LogP contribution in [0.1, 0.15) is 28.6 Å². The van der Waals surface area contributed by atoms with Crippen LogP contribution in [0.15, 0.2) is 73.5 Å². The standard InChI is InChI=1S/C35H34F2N6O14P2S/c1-50-22-5-3-2-4-21(22)35(46)53-20-8-6-18(7-9-20)15-60-59(49)52-14-24-26(36)29(33(54-24)42-11-10-19(44)12-25(42)45)56-58(47,48)51-13-23-27(37)30(57-59)34(55-23)43-17-41-28-31(38)39-16-40-32(28)43/h2-11,16-17,23-24,26-27,29-30,33-34H,12-15H2,1H3,(H,47,48)(H2,38,39,40)/t23-,24-,26-,27-,29-,30-,33-,34-,59-/m1/s1. The van der Waals surface area contributed by atoms with Gasteiger partial charge in [0, 0.05) is 12.0 Å². The third-order valence-electron chi connectivity index (χ3n) is 9.65. The molecule has 0 aliphatic carbocycles. The van der Waals surface area contributed by atoms with E-state index in [4.69, 9.17) is 42.8 Å². The molecule has 4 aromatic rings. The van der Waals surface area contributed by atoms with Crippen LogP contribution < -0.4 is 15.2 Å². The zero-order chi connectivity index (χ0) is 42.3. The Morgan fingerprint density at radius 2 is 1.67 bits per heavy atom. The Morgan fingerprint density at radius 1 is 0.967 bits per heavy atom. The second-order valence-corrected chi connectivity index (χ2v) is 18.9. The lowest BCUT2D eigenvalue weighted by molar-refractivity contribution is -0.148. The molecule has 4 aliphatic heterocycles. The fourth-order valence-corrected chi connectivity index (χ4v) is 11.0. The summed E-state index contributed by atoms with van der Waals surface area (Å²) in [5, 5.41) is 0. The number of nitrogens with zero attached hydrogens (tertiary/aromatic N) is 5. The lowest BCUT2D eigenvalue weighted by Gasteiger charge is -2.31. The summed E-state index contributed by atoms with van der Waals surface area (Å²) in [4.78, 5) is 61.3. The van der Waals surface area contributed by atoms with E-state index in [1.54, 1.807) is 30.3 Å². The van der Waals surface area contributed by atoms with Gasteiger partial charge in [0.05, 0.1) is 33.1 Å². The Morgan fingerprint density at radius 3 is 2.40 bits per heavy atom. The van der Waals surface area contributed by atoms with Gasteiger partial charge in [-0.1, -0.05) is 24.3 Å². The van der Waals surface area contributed by atoms with Crippen LogP contribution in [-0.2, 0) is 52.0 Å². The Labute approximate surface area is 342 Å². The van der Waals surface area contributed by atoms with Gasteiger partial charge >= 0.3 is 20.6 Å². The molecule has 0 spiro atoms. The number of rotatable bonds is 8. The number of aromatic nitrogens is 4. The van der Waals surface area contributed by atoms with Crippen molar-refractivity contribution in [1.29, 1.82) is 0 Å². The summed E-state index contributed by atoms with van der Waals surface area (Å²) in [6.45, 7) is -6.51. The molecular formula is C35H34F2N6O14P2S. The number of anilines is 1. The average molecular weight is 895 g/mol. The molecule has 10 atom stereocenters. The molecule has 3 saturated heterocycles. The van der Waals surface area contributed by atoms with E-state index in [1.165, 1.54) is 36.2 Å². The monoisotopic (exact) mass is 894 g/mol. The molecule has 2 aromatic carbocycles. The topological polar surface area (TPSA) is 252 Å². The van der Waals surface area contributed by atoms with E-state index in [2.05, 4.69) is 15.0 Å². The Hall–Kier alpha value is -4.67. The van der Waals surface area contributed by atoms with Gasteiger partial charge in [-0.2, -0.15) is 0 Å². The summed E-state index contributed by atoms with van der Waals surface area (Å²) in [7, 11) is -3.86. The number of benzene rings is 2. The first-order valence-electron chi connectivity index (χ1n) is 17.9. The van der Waals surface area contributed by atoms with Gasteiger partial charge in [-0.25, -0.2) is 37.7 Å². The van der Waals surface area contributed by atoms with Crippen molar-refractivity contribution < 1.29 is 74.2 Å². The number of alkyl halides is 2. The maximum atomic E-state index is 16.6. The van der Waals surface area contributed by atoms with Crippen LogP contribution in [-0.4, -0.2) is 110 Å². The van der Waals surface area contributed by atoms with E-state index in [0.717, 1.165) is 23.5 Å². The van der Waals surface area contributed by atoms with Gasteiger partial charge in [0.15, 0.2) is 42.0 Å². The van der Waals surface area contributed by atoms with E-state index in [9.17, 15) is 28.4 Å². The molecule has 1 unspecified atom stereocenters. The SMILES string of the molecule is COc1ccccc1C(=O)Oc1ccc(CS[P@]2(=O)OC[C@H]3O[C@@H](N4C=CC(=O)CC4=O)[C@H](OP(=O)(O)OC[C@H]4O[C@@H](n5cnc6c(N)ncnc65)[C@H](O2)[C@@H]4F)[C@@H]3F)cc1. The van der Waals surface area contributed by atoms with Crippen molar-refractivity contribution in [2.75, 3.05) is 26.1 Å². The second kappa shape index (κ2) is 17.0. The number of phosphoric acid groups is 1. The minimum Gasteiger partial charge on any atom is -0.496 e. The first-order chi connectivity index (χ1) is 28.7. The number of fused-ring (bicyclic) bond motifs is 5. The highest BCUT2D eigenvalue weighted by molar-refractivity contribution is 8.54. The molecule has 318 valence electrons. The van der Waals surface area contributed by atoms with E-state index in [0.29, 0.717) is 22.7 Å². The van der Waals surface area contributed by atoms with Crippen LogP contribution in [0, 0.1) is 0 Å². The van der Waals surface area contributed by atoms with E-state index >= 15 is 8.78 Å². The zero-order valence-electron chi connectivity index (χ0n) is 31.0. The number of allylic oxidation sites excluding steroid dienone is 1. The van der Waals surface area contributed by atoms with Crippen molar-refractivity contribution in [2.45, 2.75) is 61.4 Å². The summed E-state index contributed by atoms with van der Waals surface area (Å²) >= 11 is 0.592. The fraction of sp³-hybridized carbons (Fsp3) is 0.371. The van der Waals surface area contributed by atoms with Crippen molar-refractivity contribution in [1.82, 2.24) is 24.4 Å². The number of ether oxygens (including phenoxy) is 4. The first-order valence-corrected chi connectivity index (χ1v) is 22.6. The molecule has 20 nitrogen and oxygen atoms in total. The van der Waals surface area contributed by atoms with Gasteiger partial charge < -0.3 is 29.6 Å². The zero-order valence-corrected chi connectivity index (χ0v) is 33.6. The number of hydrogen-bond acceptors (Lipinski definition) is 18. The van der Waals surface area contributed by atoms with E-state index < -0.39 is 101 Å². The number of para-hydroxylation sites is 1. The minimum absolute atomic E-state index is 0.0183. The number of hydrogen-bond donors (Lipinski definition) is 2. The van der Waals surface area contributed by atoms with Gasteiger partial charge in [-0.15, -0.1) is 0 Å². The average Bonchev–Trinajstić information content (AvgIpc) is 3.89. The van der Waals surface area contributed by atoms with Gasteiger partial charge in [0.2, 0.25) is 5.91 Å². The summed E-state index contributed by atoms with van der Waals surface area (Å²) in [5.41, 5.74) is 6.85. The molecule has 4 aliphatic rings. The molecule has 0 radical (unpaired) electrons. The van der Waals surface area contributed by atoms with Gasteiger partial charge in [-0.3, -0.25) is 37.2 Å². The number of amides is 1. The van der Waals surface area contributed by atoms with Crippen molar-refractivity contribution in [3.63, 3.8) is 0 Å². The number of esters is 1. The molecule has 2 aromatic heterocycles. The Balaban J connectivity index is 1.09. The summed E-state index contributed by atoms with van der Waals surface area (Å²) in [5.74, 6) is -1.71. The van der Waals surface area contributed by atoms with Crippen molar-refractivity contribution in [2.24, 2.45) is 0 Å². The largest absolute Gasteiger partial charge is 0.496 e. The molecule has 4 bridgehead atoms. The fourth-order valence-electron chi connectivity index (χ4n) is 6.71. The quantitative estimate of drug-likeness (QED) is 0.109. The number of ketones is 1. The predicted octanol–water partition coefficient (Wildman–Crippen LogP) is 4.21. The molecule has 25 heteroatoms. The number of imidazole rings is 1. The van der Waals surface area contributed by atoms with Crippen LogP contribution in [0.5, 0.6) is 11.5 Å². The number of methoxy groups -OCH3 is 1. The molecule has 8 rings (SSSR count). The third kappa shape index (κ3) is 8.60. The highest BCUT2D eigenvalue weighted by Gasteiger charge is 2.56. The lowest BCUT2D eigenvalue weighted by Crippen LogP contribution is -2.46. The molecule has 6 heterocycles. The van der Waals surface area contributed by atoms with Gasteiger partial charge in [-0.05, 0) is 47.3 Å². The maximum Gasteiger partial charge on any atom is 0.472 e. The molecule has 3 fully saturated rings. The summed E-state index contributed by atoms with van der Waals surface area (Å²) in [6.07, 6.45) is -11.3. The minimum atomic E-state index is -5.28. The number of nitrogens with two attached hydrogens (primary N) is 1. The van der Waals surface area contributed by atoms with Crippen molar-refractivity contribution in [3.05, 3.63) is 84.6 Å². The normalized spacial score (nSPS) is 32.2. The Kier molecular flexibility index (Phi) is 11.9. The van der Waals surface area contributed by atoms with Crippen molar-refractivity contribution >= 4 is 60.6 Å². The highest BCUT2D eigenvalue weighted by atomic mass is 32.7. The Bertz CT molecular complexity index is 2430. The predicted molar refractivity (Wildman–Crippen MR) is 202 cm³/mol. The molecule has 0 saturated carbocycles. The highest BCUT2D eigenvalue weighted by Crippen LogP contribution is 2.65. The number of carbonyl (C=O) groups excluding carboxylic acids is 3. The van der Waals surface area contributed by atoms with Crippen molar-refractivity contribution in [3.8, 4) is 11.5 Å². The van der Waals surface area contributed by atoms with Crippen LogP contribution >= 0.6 is 26.0 Å². The number of nitrogen functional groups attached to an aromatic ring is 1. The summed E-state index contributed by atoms with van der Waals surface area (Å²) in [6, 6.07) is 12.6. The van der Waals surface area contributed by atoms with E-state index in [-0.39, 0.29) is 34.0 Å². The summed E-state index contributed by atoms with van der Waals surface area (Å²) < 4.78 is 107. The number of phosphoric ester groups is 1. The number of carbonyl (C=O) groups is 3. The molecule has 60 heavy (non-hydrogen) atoms. The van der Waals surface area contributed by atoms with Crippen LogP contribution in [0.25, 0.3) is 11.2 Å². The smallest absolute Gasteiger partial charge is 0.472 e. The molecular weight excluding hydrogens is 860 g/mol. The third-order valence-corrected chi connectivity index (χ3v) is 14.3. The number of halogens is 2. The first kappa shape index (κ1) is 42.0. The lowest BCUT2D eigenvalue weighted by atomic mass is 10.1. The molecule has 3 N–H and O–H groups in total. The van der Waals surface area contributed by atoms with Crippen LogP contribution in [0.4, 0.5) is 14.6 Å². The van der Waals surface area contributed by atoms with E-state index in [1.807, 2.05) is 0 Å². The van der Waals surface area contributed by atoms with Crippen LogP contribution in [0.3, 0.4) is 0 Å². The molecule has 1 amide bonds. The van der Waals surface area contributed by atoms with Gasteiger partial charge in [0.25, 0.3) is 0 Å². The maximum absolute atomic E-state index is 16.6. The second-order valence-electron chi connectivity index (χ2n) is 13.5. The van der Waals surface area contributed by atoms with Gasteiger partial charge in [0.1, 0.15) is 53.3 Å².